The highest BCUT2D eigenvalue weighted by molar-refractivity contribution is 5.93. The van der Waals surface area contributed by atoms with Crippen LogP contribution in [0, 0.1) is 11.3 Å². The van der Waals surface area contributed by atoms with E-state index < -0.39 is 5.60 Å². The number of nitrogens with one attached hydrogen (secondary N) is 1. The summed E-state index contributed by atoms with van der Waals surface area (Å²) in [6.45, 7) is 6.77. The molecule has 1 atom stereocenters. The predicted octanol–water partition coefficient (Wildman–Crippen LogP) is 3.86. The second-order valence-corrected chi connectivity index (χ2v) is 11.4. The van der Waals surface area contributed by atoms with E-state index in [1.165, 1.54) is 0 Å². The third kappa shape index (κ3) is 4.18. The van der Waals surface area contributed by atoms with E-state index in [2.05, 4.69) is 15.5 Å². The summed E-state index contributed by atoms with van der Waals surface area (Å²) in [5.41, 5.74) is 2.26. The van der Waals surface area contributed by atoms with Crippen LogP contribution in [0.4, 0.5) is 10.6 Å². The van der Waals surface area contributed by atoms with E-state index in [1.807, 2.05) is 52.2 Å². The predicted molar refractivity (Wildman–Crippen MR) is 133 cm³/mol. The number of aromatic nitrogens is 4. The molecule has 6 rings (SSSR count). The third-order valence-electron chi connectivity index (χ3n) is 7.33. The number of amides is 2. The number of rotatable bonds is 6. The first-order valence-corrected chi connectivity index (χ1v) is 12.6. The van der Waals surface area contributed by atoms with Crippen molar-refractivity contribution >= 4 is 23.3 Å². The maximum absolute atomic E-state index is 12.7. The third-order valence-corrected chi connectivity index (χ3v) is 7.33. The Bertz CT molecular complexity index is 1340. The molecule has 36 heavy (non-hydrogen) atoms. The molecule has 2 aliphatic carbocycles. The van der Waals surface area contributed by atoms with Crippen molar-refractivity contribution < 1.29 is 19.1 Å². The van der Waals surface area contributed by atoms with Crippen molar-refractivity contribution in [1.29, 1.82) is 0 Å². The van der Waals surface area contributed by atoms with E-state index in [0.717, 1.165) is 49.0 Å². The van der Waals surface area contributed by atoms with Gasteiger partial charge in [0, 0.05) is 42.8 Å². The Morgan fingerprint density at radius 3 is 2.69 bits per heavy atom. The Morgan fingerprint density at radius 1 is 1.22 bits per heavy atom. The molecule has 0 bridgehead atoms. The Kier molecular flexibility index (Phi) is 5.07. The Labute approximate surface area is 209 Å². The summed E-state index contributed by atoms with van der Waals surface area (Å²) >= 11 is 0. The Balaban J connectivity index is 1.19. The van der Waals surface area contributed by atoms with E-state index in [0.29, 0.717) is 18.2 Å². The number of carbonyl (C=O) groups is 2. The molecule has 1 saturated heterocycles. The molecule has 3 aromatic rings. The number of fused-ring (bicyclic) bond motifs is 1. The molecular weight excluding hydrogens is 460 g/mol. The average Bonchev–Trinajstić information content (AvgIpc) is 3.70. The van der Waals surface area contributed by atoms with Crippen LogP contribution in [0.25, 0.3) is 16.8 Å². The number of ether oxygens (including phenoxy) is 2. The first-order valence-electron chi connectivity index (χ1n) is 12.6. The zero-order chi connectivity index (χ0) is 25.2. The maximum Gasteiger partial charge on any atom is 0.410 e. The summed E-state index contributed by atoms with van der Waals surface area (Å²) in [6.07, 6.45) is 7.41. The van der Waals surface area contributed by atoms with Gasteiger partial charge in [-0.15, -0.1) is 0 Å². The molecule has 1 unspecified atom stereocenters. The van der Waals surface area contributed by atoms with Crippen molar-refractivity contribution in [3.8, 4) is 17.0 Å². The Hall–Kier alpha value is -3.56. The van der Waals surface area contributed by atoms with Crippen LogP contribution in [0.2, 0.25) is 0 Å². The van der Waals surface area contributed by atoms with Crippen LogP contribution in [0.1, 0.15) is 46.5 Å². The molecule has 190 valence electrons. The molecule has 4 heterocycles. The number of aryl methyl sites for hydroxylation is 1. The molecule has 1 aliphatic heterocycles. The minimum atomic E-state index is -0.530. The molecule has 10 heteroatoms. The standard InChI is InChI=1S/C26H32N6O4/c1-25(2,3)36-24(34)31-15-26(8-9-26)20(31)14-35-19-13-27-30(4)22(19)17-7-10-32-18(11-17)12-21(29-32)28-23(33)16-5-6-16/h7,10-13,16,20H,5-6,8-9,14-15H2,1-4H3,(H,28,29,33). The molecule has 0 radical (unpaired) electrons. The molecule has 3 fully saturated rings. The lowest BCUT2D eigenvalue weighted by molar-refractivity contribution is -0.117. The van der Waals surface area contributed by atoms with Gasteiger partial charge in [-0.05, 0) is 58.6 Å². The molecule has 0 aromatic carbocycles. The van der Waals surface area contributed by atoms with E-state index >= 15 is 0 Å². The number of hydrogen-bond acceptors (Lipinski definition) is 6. The van der Waals surface area contributed by atoms with E-state index in [9.17, 15) is 9.59 Å². The number of carbonyl (C=O) groups excluding carboxylic acids is 2. The highest BCUT2D eigenvalue weighted by atomic mass is 16.6. The van der Waals surface area contributed by atoms with Gasteiger partial charge >= 0.3 is 6.09 Å². The van der Waals surface area contributed by atoms with Crippen molar-refractivity contribution in [3.63, 3.8) is 0 Å². The van der Waals surface area contributed by atoms with Crippen LogP contribution >= 0.6 is 0 Å². The lowest BCUT2D eigenvalue weighted by atomic mass is 9.86. The van der Waals surface area contributed by atoms with Crippen molar-refractivity contribution in [2.24, 2.45) is 18.4 Å². The molecular formula is C26H32N6O4. The van der Waals surface area contributed by atoms with Gasteiger partial charge in [-0.2, -0.15) is 10.2 Å². The number of hydrogen-bond donors (Lipinski definition) is 1. The van der Waals surface area contributed by atoms with Gasteiger partial charge in [-0.3, -0.25) is 9.48 Å². The van der Waals surface area contributed by atoms with Crippen molar-refractivity contribution in [1.82, 2.24) is 24.3 Å². The molecule has 3 aliphatic rings. The summed E-state index contributed by atoms with van der Waals surface area (Å²) in [7, 11) is 1.88. The lowest BCUT2D eigenvalue weighted by Gasteiger charge is -2.48. The normalized spacial score (nSPS) is 20.3. The van der Waals surface area contributed by atoms with Crippen molar-refractivity contribution in [3.05, 3.63) is 30.6 Å². The van der Waals surface area contributed by atoms with Crippen LogP contribution in [-0.4, -0.2) is 61.1 Å². The summed E-state index contributed by atoms with van der Waals surface area (Å²) in [5.74, 6) is 1.37. The van der Waals surface area contributed by atoms with Crippen LogP contribution < -0.4 is 10.1 Å². The maximum atomic E-state index is 12.7. The number of nitrogens with zero attached hydrogens (tertiary/aromatic N) is 5. The largest absolute Gasteiger partial charge is 0.487 e. The first-order chi connectivity index (χ1) is 17.1. The smallest absolute Gasteiger partial charge is 0.410 e. The molecule has 3 aromatic heterocycles. The van der Waals surface area contributed by atoms with Crippen molar-refractivity contribution in [2.45, 2.75) is 58.1 Å². The number of anilines is 1. The lowest BCUT2D eigenvalue weighted by Crippen LogP contribution is -2.63. The van der Waals surface area contributed by atoms with Crippen molar-refractivity contribution in [2.75, 3.05) is 18.5 Å². The Morgan fingerprint density at radius 2 is 2.00 bits per heavy atom. The van der Waals surface area contributed by atoms with Gasteiger partial charge < -0.3 is 19.7 Å². The average molecular weight is 493 g/mol. The zero-order valence-electron chi connectivity index (χ0n) is 21.2. The summed E-state index contributed by atoms with van der Waals surface area (Å²) in [5, 5.41) is 11.8. The molecule has 1 spiro atoms. The molecule has 1 N–H and O–H groups in total. The fourth-order valence-corrected chi connectivity index (χ4v) is 5.00. The van der Waals surface area contributed by atoms with Crippen LogP contribution in [0.15, 0.2) is 30.6 Å². The quantitative estimate of drug-likeness (QED) is 0.561. The first kappa shape index (κ1) is 22.9. The van der Waals surface area contributed by atoms with Crippen LogP contribution in [0.3, 0.4) is 0 Å². The minimum Gasteiger partial charge on any atom is -0.487 e. The highest BCUT2D eigenvalue weighted by Crippen LogP contribution is 2.58. The number of likely N-dealkylation sites (tertiary alicyclic amines) is 1. The van der Waals surface area contributed by atoms with E-state index in [-0.39, 0.29) is 29.4 Å². The van der Waals surface area contributed by atoms with Gasteiger partial charge in [0.05, 0.1) is 17.8 Å². The summed E-state index contributed by atoms with van der Waals surface area (Å²) < 4.78 is 15.4. The minimum absolute atomic E-state index is 0.00430. The highest BCUT2D eigenvalue weighted by Gasteiger charge is 2.62. The van der Waals surface area contributed by atoms with Gasteiger partial charge in [0.15, 0.2) is 11.6 Å². The molecule has 10 nitrogen and oxygen atoms in total. The van der Waals surface area contributed by atoms with E-state index in [1.54, 1.807) is 20.3 Å². The fraction of sp³-hybridized carbons (Fsp3) is 0.538. The molecule has 2 saturated carbocycles. The van der Waals surface area contributed by atoms with Gasteiger partial charge in [-0.25, -0.2) is 9.31 Å². The van der Waals surface area contributed by atoms with Crippen LogP contribution in [-0.2, 0) is 16.6 Å². The van der Waals surface area contributed by atoms with Gasteiger partial charge in [0.1, 0.15) is 17.9 Å². The van der Waals surface area contributed by atoms with Gasteiger partial charge in [0.2, 0.25) is 5.91 Å². The van der Waals surface area contributed by atoms with Crippen LogP contribution in [0.5, 0.6) is 5.75 Å². The topological polar surface area (TPSA) is 103 Å². The second-order valence-electron chi connectivity index (χ2n) is 11.4. The SMILES string of the molecule is Cn1ncc(OCC2N(C(=O)OC(C)(C)C)CC23CC3)c1-c1ccn2nc(NC(=O)C3CC3)cc2c1. The fourth-order valence-electron chi connectivity index (χ4n) is 5.00. The zero-order valence-corrected chi connectivity index (χ0v) is 21.2. The van der Waals surface area contributed by atoms with Gasteiger partial charge in [0.25, 0.3) is 0 Å². The molecule has 2 amide bonds. The second kappa shape index (κ2) is 7.97. The van der Waals surface area contributed by atoms with E-state index in [4.69, 9.17) is 9.47 Å². The number of pyridine rings is 1. The summed E-state index contributed by atoms with van der Waals surface area (Å²) in [6, 6.07) is 5.82. The summed E-state index contributed by atoms with van der Waals surface area (Å²) in [4.78, 5) is 26.6. The monoisotopic (exact) mass is 492 g/mol. The van der Waals surface area contributed by atoms with Gasteiger partial charge in [-0.1, -0.05) is 0 Å².